The molecule has 0 aromatic heterocycles. The van der Waals surface area contributed by atoms with Gasteiger partial charge in [0.05, 0.1) is 18.9 Å². The minimum Gasteiger partial charge on any atom is -0.481 e. The molecule has 0 amide bonds. The Kier molecular flexibility index (Phi) is 5.91. The van der Waals surface area contributed by atoms with Gasteiger partial charge in [-0.25, -0.2) is 4.99 Å². The van der Waals surface area contributed by atoms with Gasteiger partial charge in [0.2, 0.25) is 0 Å². The second-order valence-electron chi connectivity index (χ2n) is 3.71. The number of nitrogens with zero attached hydrogens (tertiary/aromatic N) is 1. The van der Waals surface area contributed by atoms with Crippen LogP contribution in [0.2, 0.25) is 0 Å². The summed E-state index contributed by atoms with van der Waals surface area (Å²) in [5.74, 6) is 0.0727. The number of ether oxygens (including phenoxy) is 2. The number of carbonyl (C=O) groups excluding carboxylic acids is 1. The summed E-state index contributed by atoms with van der Waals surface area (Å²) in [4.78, 5) is 15.8. The fraction of sp³-hybridized carbons (Fsp3) is 0.429. The minimum absolute atomic E-state index is 0.0655. The summed E-state index contributed by atoms with van der Waals surface area (Å²) >= 11 is 0. The van der Waals surface area contributed by atoms with Crippen molar-refractivity contribution in [2.75, 3.05) is 13.2 Å². The van der Waals surface area contributed by atoms with Crippen molar-refractivity contribution in [2.24, 2.45) is 4.99 Å². The molecule has 0 spiro atoms. The first-order chi connectivity index (χ1) is 8.67. The van der Waals surface area contributed by atoms with Crippen LogP contribution in [0.5, 0.6) is 0 Å². The van der Waals surface area contributed by atoms with Gasteiger partial charge in [0.1, 0.15) is 6.42 Å². The maximum Gasteiger partial charge on any atom is 0.315 e. The normalized spacial score (nSPS) is 11.2. The molecule has 98 valence electrons. The van der Waals surface area contributed by atoms with Crippen LogP contribution < -0.4 is 0 Å². The molecule has 0 aliphatic carbocycles. The third-order valence-electron chi connectivity index (χ3n) is 2.27. The number of esters is 1. The monoisotopic (exact) mass is 249 g/mol. The fourth-order valence-electron chi connectivity index (χ4n) is 1.45. The Morgan fingerprint density at radius 1 is 1.17 bits per heavy atom. The molecule has 0 N–H and O–H groups in total. The predicted octanol–water partition coefficient (Wildman–Crippen LogP) is 3.01. The Bertz CT molecular complexity index is 427. The third-order valence-corrected chi connectivity index (χ3v) is 2.27. The van der Waals surface area contributed by atoms with Crippen LogP contribution in [0.1, 0.15) is 25.8 Å². The molecule has 0 atom stereocenters. The lowest BCUT2D eigenvalue weighted by Crippen LogP contribution is -2.14. The highest BCUT2D eigenvalue weighted by molar-refractivity contribution is 5.95. The van der Waals surface area contributed by atoms with Gasteiger partial charge < -0.3 is 9.47 Å². The third kappa shape index (κ3) is 4.57. The summed E-state index contributed by atoms with van der Waals surface area (Å²) in [6.45, 7) is 6.44. The number of para-hydroxylation sites is 1. The topological polar surface area (TPSA) is 47.9 Å². The highest BCUT2D eigenvalue weighted by atomic mass is 16.5. The van der Waals surface area contributed by atoms with Crippen LogP contribution in [0.4, 0.5) is 5.69 Å². The Labute approximate surface area is 108 Å². The molecule has 4 heteroatoms. The molecule has 1 aromatic carbocycles. The molecule has 4 nitrogen and oxygen atoms in total. The summed E-state index contributed by atoms with van der Waals surface area (Å²) in [5, 5.41) is 0. The minimum atomic E-state index is -0.321. The fourth-order valence-corrected chi connectivity index (χ4v) is 1.45. The van der Waals surface area contributed by atoms with Crippen LogP contribution >= 0.6 is 0 Å². The van der Waals surface area contributed by atoms with Gasteiger partial charge in [0, 0.05) is 0 Å². The van der Waals surface area contributed by atoms with Gasteiger partial charge in [-0.05, 0) is 32.4 Å². The van der Waals surface area contributed by atoms with E-state index in [0.29, 0.717) is 19.1 Å². The van der Waals surface area contributed by atoms with Crippen molar-refractivity contribution in [2.45, 2.75) is 27.2 Å². The summed E-state index contributed by atoms with van der Waals surface area (Å²) in [6, 6.07) is 7.70. The molecule has 0 radical (unpaired) electrons. The number of hydrogen-bond acceptors (Lipinski definition) is 4. The van der Waals surface area contributed by atoms with E-state index < -0.39 is 0 Å². The first-order valence-corrected chi connectivity index (χ1v) is 6.09. The lowest BCUT2D eigenvalue weighted by molar-refractivity contribution is -0.141. The maximum absolute atomic E-state index is 11.4. The van der Waals surface area contributed by atoms with E-state index in [9.17, 15) is 4.79 Å². The number of rotatable bonds is 5. The highest BCUT2D eigenvalue weighted by Crippen LogP contribution is 2.18. The predicted molar refractivity (Wildman–Crippen MR) is 71.2 cm³/mol. The molecule has 0 saturated heterocycles. The van der Waals surface area contributed by atoms with Crippen LogP contribution in [0.3, 0.4) is 0 Å². The van der Waals surface area contributed by atoms with Crippen LogP contribution in [0.25, 0.3) is 0 Å². The Morgan fingerprint density at radius 2 is 1.83 bits per heavy atom. The van der Waals surface area contributed by atoms with Crippen molar-refractivity contribution in [3.63, 3.8) is 0 Å². The van der Waals surface area contributed by atoms with E-state index in [1.54, 1.807) is 6.92 Å². The van der Waals surface area contributed by atoms with Crippen molar-refractivity contribution >= 4 is 17.6 Å². The van der Waals surface area contributed by atoms with Gasteiger partial charge in [0.25, 0.3) is 0 Å². The number of carbonyl (C=O) groups is 1. The zero-order chi connectivity index (χ0) is 13.4. The number of hydrogen-bond donors (Lipinski definition) is 0. The molecule has 0 saturated carbocycles. The average Bonchev–Trinajstić information content (AvgIpc) is 2.32. The van der Waals surface area contributed by atoms with Crippen LogP contribution in [0.15, 0.2) is 29.3 Å². The molecule has 0 fully saturated rings. The van der Waals surface area contributed by atoms with E-state index in [2.05, 4.69) is 4.99 Å². The molecular formula is C14H19NO3. The second-order valence-corrected chi connectivity index (χ2v) is 3.71. The van der Waals surface area contributed by atoms with E-state index in [1.165, 1.54) is 0 Å². The van der Waals surface area contributed by atoms with Gasteiger partial charge in [0.15, 0.2) is 5.90 Å². The van der Waals surface area contributed by atoms with Crippen molar-refractivity contribution < 1.29 is 14.3 Å². The Morgan fingerprint density at radius 3 is 2.44 bits per heavy atom. The van der Waals surface area contributed by atoms with Crippen LogP contribution in [-0.2, 0) is 14.3 Å². The lowest BCUT2D eigenvalue weighted by Gasteiger charge is -2.08. The largest absolute Gasteiger partial charge is 0.481 e. The first kappa shape index (κ1) is 14.2. The van der Waals surface area contributed by atoms with Crippen molar-refractivity contribution in [1.82, 2.24) is 0 Å². The number of aryl methyl sites for hydroxylation is 1. The van der Waals surface area contributed by atoms with E-state index in [-0.39, 0.29) is 12.4 Å². The standard InChI is InChI=1S/C14H19NO3/c1-4-17-13(10-14(16)18-5-2)15-12-9-7-6-8-11(12)3/h6-9H,4-5,10H2,1-3H3. The second kappa shape index (κ2) is 7.48. The van der Waals surface area contributed by atoms with Gasteiger partial charge in [-0.3, -0.25) is 4.79 Å². The first-order valence-electron chi connectivity index (χ1n) is 6.09. The van der Waals surface area contributed by atoms with E-state index in [4.69, 9.17) is 9.47 Å². The Hall–Kier alpha value is -1.84. The SMILES string of the molecule is CCOC(=O)CC(=Nc1ccccc1C)OCC. The van der Waals surface area contributed by atoms with Gasteiger partial charge >= 0.3 is 5.97 Å². The molecule has 0 heterocycles. The van der Waals surface area contributed by atoms with Crippen molar-refractivity contribution in [1.29, 1.82) is 0 Å². The summed E-state index contributed by atoms with van der Waals surface area (Å²) < 4.78 is 10.3. The zero-order valence-corrected chi connectivity index (χ0v) is 11.1. The molecule has 1 rings (SSSR count). The summed E-state index contributed by atoms with van der Waals surface area (Å²) in [5.41, 5.74) is 1.85. The molecule has 0 aliphatic heterocycles. The van der Waals surface area contributed by atoms with E-state index in [0.717, 1.165) is 11.3 Å². The van der Waals surface area contributed by atoms with Crippen molar-refractivity contribution in [3.05, 3.63) is 29.8 Å². The summed E-state index contributed by atoms with van der Waals surface area (Å²) in [6.07, 6.45) is 0.0655. The maximum atomic E-state index is 11.4. The van der Waals surface area contributed by atoms with Crippen molar-refractivity contribution in [3.8, 4) is 0 Å². The Balaban J connectivity index is 2.84. The van der Waals surface area contributed by atoms with Crippen LogP contribution in [0, 0.1) is 6.92 Å². The number of aliphatic imine (C=N–C) groups is 1. The van der Waals surface area contributed by atoms with Gasteiger partial charge in [-0.2, -0.15) is 0 Å². The molecule has 18 heavy (non-hydrogen) atoms. The zero-order valence-electron chi connectivity index (χ0n) is 11.1. The smallest absolute Gasteiger partial charge is 0.315 e. The molecular weight excluding hydrogens is 230 g/mol. The highest BCUT2D eigenvalue weighted by Gasteiger charge is 2.10. The molecule has 1 aromatic rings. The van der Waals surface area contributed by atoms with E-state index >= 15 is 0 Å². The quantitative estimate of drug-likeness (QED) is 0.458. The average molecular weight is 249 g/mol. The molecule has 0 aliphatic rings. The summed E-state index contributed by atoms with van der Waals surface area (Å²) in [7, 11) is 0. The molecule has 0 unspecified atom stereocenters. The number of benzene rings is 1. The van der Waals surface area contributed by atoms with Gasteiger partial charge in [-0.1, -0.05) is 18.2 Å². The van der Waals surface area contributed by atoms with E-state index in [1.807, 2.05) is 38.1 Å². The lowest BCUT2D eigenvalue weighted by atomic mass is 10.2. The molecule has 0 bridgehead atoms. The van der Waals surface area contributed by atoms with Gasteiger partial charge in [-0.15, -0.1) is 0 Å². The van der Waals surface area contributed by atoms with Crippen LogP contribution in [-0.4, -0.2) is 25.1 Å².